The predicted molar refractivity (Wildman–Crippen MR) is 69.1 cm³/mol. The SMILES string of the molecule is NC(=O)C1CCCN1C(=O)c1ccc(Cl)c(N)c1. The van der Waals surface area contributed by atoms with E-state index in [1.165, 1.54) is 11.0 Å². The van der Waals surface area contributed by atoms with Crippen LogP contribution in [0.4, 0.5) is 5.69 Å². The van der Waals surface area contributed by atoms with Crippen molar-refractivity contribution in [3.8, 4) is 0 Å². The number of likely N-dealkylation sites (tertiary alicyclic amines) is 1. The average molecular weight is 268 g/mol. The van der Waals surface area contributed by atoms with Gasteiger partial charge < -0.3 is 16.4 Å². The standard InChI is InChI=1S/C12H14ClN3O2/c13-8-4-3-7(6-9(8)14)12(18)16-5-1-2-10(16)11(15)17/h3-4,6,10H,1-2,5,14H2,(H2,15,17). The number of primary amides is 1. The van der Waals surface area contributed by atoms with Crippen LogP contribution >= 0.6 is 11.6 Å². The van der Waals surface area contributed by atoms with Gasteiger partial charge in [0.1, 0.15) is 6.04 Å². The zero-order chi connectivity index (χ0) is 13.3. The quantitative estimate of drug-likeness (QED) is 0.784. The molecule has 1 atom stereocenters. The van der Waals surface area contributed by atoms with Gasteiger partial charge >= 0.3 is 0 Å². The minimum Gasteiger partial charge on any atom is -0.398 e. The van der Waals surface area contributed by atoms with Crippen LogP contribution < -0.4 is 11.5 Å². The van der Waals surface area contributed by atoms with Gasteiger partial charge in [0.25, 0.3) is 5.91 Å². The molecule has 18 heavy (non-hydrogen) atoms. The highest BCUT2D eigenvalue weighted by Gasteiger charge is 2.33. The summed E-state index contributed by atoms with van der Waals surface area (Å²) < 4.78 is 0. The van der Waals surface area contributed by atoms with E-state index >= 15 is 0 Å². The van der Waals surface area contributed by atoms with Crippen LogP contribution in [0.2, 0.25) is 5.02 Å². The Bertz CT molecular complexity index is 504. The third-order valence-electron chi connectivity index (χ3n) is 3.09. The number of amides is 2. The fourth-order valence-electron chi connectivity index (χ4n) is 2.15. The lowest BCUT2D eigenvalue weighted by atomic mass is 10.1. The monoisotopic (exact) mass is 267 g/mol. The summed E-state index contributed by atoms with van der Waals surface area (Å²) in [5.74, 6) is -0.706. The van der Waals surface area contributed by atoms with E-state index in [0.717, 1.165) is 6.42 Å². The number of hydrogen-bond donors (Lipinski definition) is 2. The number of hydrogen-bond acceptors (Lipinski definition) is 3. The second kappa shape index (κ2) is 4.86. The first kappa shape index (κ1) is 12.7. The van der Waals surface area contributed by atoms with E-state index in [9.17, 15) is 9.59 Å². The van der Waals surface area contributed by atoms with Gasteiger partial charge in [-0.3, -0.25) is 9.59 Å². The highest BCUT2D eigenvalue weighted by atomic mass is 35.5. The molecule has 0 saturated carbocycles. The van der Waals surface area contributed by atoms with E-state index in [1.54, 1.807) is 12.1 Å². The second-order valence-corrected chi connectivity index (χ2v) is 4.70. The second-order valence-electron chi connectivity index (χ2n) is 4.30. The summed E-state index contributed by atoms with van der Waals surface area (Å²) in [6, 6.07) is 4.16. The van der Waals surface area contributed by atoms with Crippen LogP contribution in [0.3, 0.4) is 0 Å². The molecule has 2 amide bonds. The third-order valence-corrected chi connectivity index (χ3v) is 3.43. The van der Waals surface area contributed by atoms with Gasteiger partial charge in [0.15, 0.2) is 0 Å². The number of benzene rings is 1. The molecule has 1 aliphatic heterocycles. The Labute approximate surface area is 110 Å². The number of nitrogens with two attached hydrogens (primary N) is 2. The molecular weight excluding hydrogens is 254 g/mol. The Morgan fingerprint density at radius 1 is 1.39 bits per heavy atom. The van der Waals surface area contributed by atoms with E-state index in [4.69, 9.17) is 23.1 Å². The Balaban J connectivity index is 2.25. The van der Waals surface area contributed by atoms with Gasteiger partial charge in [-0.15, -0.1) is 0 Å². The number of nitrogen functional groups attached to an aromatic ring is 1. The fraction of sp³-hybridized carbons (Fsp3) is 0.333. The molecule has 0 aliphatic carbocycles. The Kier molecular flexibility index (Phi) is 3.43. The Morgan fingerprint density at radius 3 is 2.72 bits per heavy atom. The van der Waals surface area contributed by atoms with Crippen LogP contribution in [-0.4, -0.2) is 29.3 Å². The van der Waals surface area contributed by atoms with Crippen LogP contribution in [0.1, 0.15) is 23.2 Å². The molecule has 2 rings (SSSR count). The largest absolute Gasteiger partial charge is 0.398 e. The summed E-state index contributed by atoms with van der Waals surface area (Å²) in [5, 5.41) is 0.402. The Hall–Kier alpha value is -1.75. The molecule has 0 spiro atoms. The molecule has 1 fully saturated rings. The molecule has 1 aromatic carbocycles. The maximum atomic E-state index is 12.2. The highest BCUT2D eigenvalue weighted by molar-refractivity contribution is 6.33. The number of rotatable bonds is 2. The van der Waals surface area contributed by atoms with Gasteiger partial charge in [-0.2, -0.15) is 0 Å². The van der Waals surface area contributed by atoms with Crippen molar-refractivity contribution >= 4 is 29.1 Å². The van der Waals surface area contributed by atoms with Crippen LogP contribution in [0, 0.1) is 0 Å². The van der Waals surface area contributed by atoms with Crippen LogP contribution in [0.5, 0.6) is 0 Å². The molecule has 0 bridgehead atoms. The number of carbonyl (C=O) groups is 2. The first-order valence-corrected chi connectivity index (χ1v) is 6.04. The molecule has 1 aromatic rings. The summed E-state index contributed by atoms with van der Waals surface area (Å²) in [7, 11) is 0. The lowest BCUT2D eigenvalue weighted by Gasteiger charge is -2.22. The van der Waals surface area contributed by atoms with Crippen LogP contribution in [0.25, 0.3) is 0 Å². The lowest BCUT2D eigenvalue weighted by molar-refractivity contribution is -0.121. The van der Waals surface area contributed by atoms with Crippen molar-refractivity contribution in [1.29, 1.82) is 0 Å². The van der Waals surface area contributed by atoms with E-state index in [1.807, 2.05) is 0 Å². The van der Waals surface area contributed by atoms with Crippen molar-refractivity contribution in [3.05, 3.63) is 28.8 Å². The van der Waals surface area contributed by atoms with Crippen molar-refractivity contribution in [1.82, 2.24) is 4.90 Å². The first-order chi connectivity index (χ1) is 8.50. The number of nitrogens with zero attached hydrogens (tertiary/aromatic N) is 1. The summed E-state index contributed by atoms with van der Waals surface area (Å²) in [5.41, 5.74) is 11.7. The summed E-state index contributed by atoms with van der Waals surface area (Å²) >= 11 is 5.80. The van der Waals surface area contributed by atoms with Gasteiger partial charge in [0.05, 0.1) is 10.7 Å². The minimum absolute atomic E-state index is 0.236. The van der Waals surface area contributed by atoms with Gasteiger partial charge in [-0.25, -0.2) is 0 Å². The highest BCUT2D eigenvalue weighted by Crippen LogP contribution is 2.24. The zero-order valence-electron chi connectivity index (χ0n) is 9.73. The summed E-state index contributed by atoms with van der Waals surface area (Å²) in [6.45, 7) is 0.537. The average Bonchev–Trinajstić information content (AvgIpc) is 2.81. The topological polar surface area (TPSA) is 89.4 Å². The molecule has 0 aromatic heterocycles. The number of carbonyl (C=O) groups excluding carboxylic acids is 2. The summed E-state index contributed by atoms with van der Waals surface area (Å²) in [6.07, 6.45) is 1.40. The fourth-order valence-corrected chi connectivity index (χ4v) is 2.27. The third kappa shape index (κ3) is 2.26. The van der Waals surface area contributed by atoms with E-state index in [-0.39, 0.29) is 5.91 Å². The van der Waals surface area contributed by atoms with Crippen LogP contribution in [0.15, 0.2) is 18.2 Å². The van der Waals surface area contributed by atoms with Crippen molar-refractivity contribution in [3.63, 3.8) is 0 Å². The normalized spacial score (nSPS) is 18.9. The number of anilines is 1. The number of halogens is 1. The maximum Gasteiger partial charge on any atom is 0.254 e. The molecule has 6 heteroatoms. The molecule has 1 aliphatic rings. The van der Waals surface area contributed by atoms with Crippen LogP contribution in [-0.2, 0) is 4.79 Å². The lowest BCUT2D eigenvalue weighted by Crippen LogP contribution is -2.43. The van der Waals surface area contributed by atoms with Crippen molar-refractivity contribution in [2.24, 2.45) is 5.73 Å². The Morgan fingerprint density at radius 2 is 2.11 bits per heavy atom. The van der Waals surface area contributed by atoms with Crippen molar-refractivity contribution in [2.75, 3.05) is 12.3 Å². The van der Waals surface area contributed by atoms with Gasteiger partial charge in [0, 0.05) is 12.1 Å². The molecule has 5 nitrogen and oxygen atoms in total. The molecule has 96 valence electrons. The van der Waals surface area contributed by atoms with Gasteiger partial charge in [0.2, 0.25) is 5.91 Å². The zero-order valence-corrected chi connectivity index (χ0v) is 10.5. The van der Waals surface area contributed by atoms with Gasteiger partial charge in [-0.1, -0.05) is 11.6 Å². The van der Waals surface area contributed by atoms with Crippen molar-refractivity contribution in [2.45, 2.75) is 18.9 Å². The molecular formula is C12H14ClN3O2. The van der Waals surface area contributed by atoms with Gasteiger partial charge in [-0.05, 0) is 31.0 Å². The molecule has 0 radical (unpaired) electrons. The molecule has 1 saturated heterocycles. The smallest absolute Gasteiger partial charge is 0.254 e. The molecule has 1 heterocycles. The van der Waals surface area contributed by atoms with E-state index < -0.39 is 11.9 Å². The minimum atomic E-state index is -0.519. The van der Waals surface area contributed by atoms with E-state index in [0.29, 0.717) is 29.2 Å². The first-order valence-electron chi connectivity index (χ1n) is 5.66. The summed E-state index contributed by atoms with van der Waals surface area (Å²) in [4.78, 5) is 25.0. The molecule has 1 unspecified atom stereocenters. The van der Waals surface area contributed by atoms with E-state index in [2.05, 4.69) is 0 Å². The maximum absolute atomic E-state index is 12.2. The predicted octanol–water partition coefficient (Wildman–Crippen LogP) is 1.01. The van der Waals surface area contributed by atoms with Crippen molar-refractivity contribution < 1.29 is 9.59 Å². The molecule has 4 N–H and O–H groups in total.